The van der Waals surface area contributed by atoms with Crippen molar-refractivity contribution in [3.05, 3.63) is 30.1 Å². The minimum atomic E-state index is 0.704. The Morgan fingerprint density at radius 1 is 1.30 bits per heavy atom. The zero-order valence-corrected chi connectivity index (χ0v) is 13.7. The molecule has 0 unspecified atom stereocenters. The Morgan fingerprint density at radius 2 is 2.05 bits per heavy atom. The summed E-state index contributed by atoms with van der Waals surface area (Å²) in [5, 5.41) is 0.834. The van der Waals surface area contributed by atoms with E-state index in [1.165, 1.54) is 18.5 Å². The average molecular weight is 337 g/mol. The first kappa shape index (κ1) is 13.9. The van der Waals surface area contributed by atoms with Gasteiger partial charge in [-0.05, 0) is 39.1 Å². The third-order valence-corrected chi connectivity index (χ3v) is 4.76. The first-order valence-electron chi connectivity index (χ1n) is 7.14. The molecule has 108 valence electrons. The Hall–Kier alpha value is -1.07. The van der Waals surface area contributed by atoms with Crippen LogP contribution in [0, 0.1) is 0 Å². The summed E-state index contributed by atoms with van der Waals surface area (Å²) in [4.78, 5) is 9.60. The number of hydrogen-bond donors (Lipinski definition) is 0. The molecule has 0 amide bonds. The number of rotatable bonds is 3. The maximum Gasteiger partial charge on any atom is 0.152 e. The van der Waals surface area contributed by atoms with Crippen molar-refractivity contribution in [2.24, 2.45) is 0 Å². The van der Waals surface area contributed by atoms with Crippen LogP contribution in [0.25, 0.3) is 5.65 Å². The Bertz CT molecular complexity index is 585. The van der Waals surface area contributed by atoms with Gasteiger partial charge in [-0.2, -0.15) is 0 Å². The topological polar surface area (TPSA) is 23.8 Å². The number of halogens is 1. The number of alkyl halides is 1. The van der Waals surface area contributed by atoms with Crippen molar-refractivity contribution in [2.45, 2.75) is 24.2 Å². The van der Waals surface area contributed by atoms with Gasteiger partial charge in [-0.25, -0.2) is 4.98 Å². The molecular weight excluding hydrogens is 316 g/mol. The second-order valence-corrected chi connectivity index (χ2v) is 6.19. The molecule has 4 nitrogen and oxygen atoms in total. The van der Waals surface area contributed by atoms with Crippen molar-refractivity contribution >= 4 is 27.4 Å². The van der Waals surface area contributed by atoms with Gasteiger partial charge in [0.25, 0.3) is 0 Å². The van der Waals surface area contributed by atoms with Crippen molar-refractivity contribution in [1.82, 2.24) is 14.3 Å². The Labute approximate surface area is 128 Å². The van der Waals surface area contributed by atoms with Gasteiger partial charge in [0.15, 0.2) is 5.82 Å². The van der Waals surface area contributed by atoms with Gasteiger partial charge in [0.05, 0.1) is 5.69 Å². The fourth-order valence-electron chi connectivity index (χ4n) is 3.01. The fourth-order valence-corrected chi connectivity index (χ4v) is 3.53. The molecule has 2 aromatic rings. The lowest BCUT2D eigenvalue weighted by Crippen LogP contribution is -2.42. The van der Waals surface area contributed by atoms with Crippen LogP contribution in [0.4, 0.5) is 5.82 Å². The van der Waals surface area contributed by atoms with E-state index < -0.39 is 0 Å². The van der Waals surface area contributed by atoms with Crippen molar-refractivity contribution in [3.63, 3.8) is 0 Å². The Balaban J connectivity index is 1.87. The van der Waals surface area contributed by atoms with Gasteiger partial charge in [0.2, 0.25) is 0 Å². The number of pyridine rings is 1. The van der Waals surface area contributed by atoms with Gasteiger partial charge in [-0.1, -0.05) is 22.0 Å². The van der Waals surface area contributed by atoms with Crippen molar-refractivity contribution in [2.75, 3.05) is 32.1 Å². The summed E-state index contributed by atoms with van der Waals surface area (Å²) in [6.45, 7) is 2.18. The monoisotopic (exact) mass is 336 g/mol. The van der Waals surface area contributed by atoms with Crippen LogP contribution >= 0.6 is 15.9 Å². The molecule has 0 bridgehead atoms. The predicted molar refractivity (Wildman–Crippen MR) is 86.7 cm³/mol. The van der Waals surface area contributed by atoms with Crippen molar-refractivity contribution in [3.8, 4) is 0 Å². The molecular formula is C15H21BrN4. The third-order valence-electron chi connectivity index (χ3n) is 4.23. The number of imidazole rings is 1. The van der Waals surface area contributed by atoms with Crippen LogP contribution in [0.1, 0.15) is 18.5 Å². The highest BCUT2D eigenvalue weighted by molar-refractivity contribution is 9.08. The molecule has 1 aliphatic rings. The summed E-state index contributed by atoms with van der Waals surface area (Å²) in [6, 6.07) is 6.88. The third kappa shape index (κ3) is 2.44. The molecule has 0 spiro atoms. The van der Waals surface area contributed by atoms with E-state index in [0.717, 1.165) is 29.9 Å². The van der Waals surface area contributed by atoms with Crippen LogP contribution in [0.15, 0.2) is 24.4 Å². The molecule has 1 fully saturated rings. The summed E-state index contributed by atoms with van der Waals surface area (Å²) in [6.07, 6.45) is 4.51. The summed E-state index contributed by atoms with van der Waals surface area (Å²) in [7, 11) is 4.35. The lowest BCUT2D eigenvalue weighted by atomic mass is 10.0. The van der Waals surface area contributed by atoms with Crippen molar-refractivity contribution in [1.29, 1.82) is 0 Å². The molecule has 0 aromatic carbocycles. The van der Waals surface area contributed by atoms with Crippen LogP contribution in [-0.2, 0) is 5.33 Å². The first-order chi connectivity index (χ1) is 9.70. The van der Waals surface area contributed by atoms with Crippen LogP contribution < -0.4 is 4.90 Å². The average Bonchev–Trinajstić information content (AvgIpc) is 2.85. The predicted octanol–water partition coefficient (Wildman–Crippen LogP) is 2.76. The molecule has 0 aliphatic carbocycles. The van der Waals surface area contributed by atoms with E-state index in [-0.39, 0.29) is 0 Å². The zero-order valence-electron chi connectivity index (χ0n) is 12.1. The van der Waals surface area contributed by atoms with Gasteiger partial charge in [-0.3, -0.25) is 0 Å². The standard InChI is InChI=1S/C15H21BrN4/c1-18(2)12-6-9-19(10-7-12)15-13(11-16)20-8-4-3-5-14(20)17-15/h3-5,8,12H,6-7,9-11H2,1-2H3. The van der Waals surface area contributed by atoms with E-state index in [1.54, 1.807) is 0 Å². The van der Waals surface area contributed by atoms with Gasteiger partial charge < -0.3 is 14.2 Å². The summed E-state index contributed by atoms with van der Waals surface area (Å²) >= 11 is 3.61. The highest BCUT2D eigenvalue weighted by atomic mass is 79.9. The Morgan fingerprint density at radius 3 is 2.70 bits per heavy atom. The Kier molecular flexibility index (Phi) is 3.98. The molecule has 20 heavy (non-hydrogen) atoms. The van der Waals surface area contributed by atoms with E-state index in [4.69, 9.17) is 4.98 Å². The molecule has 5 heteroatoms. The van der Waals surface area contributed by atoms with Crippen LogP contribution in [0.5, 0.6) is 0 Å². The maximum atomic E-state index is 4.82. The van der Waals surface area contributed by atoms with E-state index in [0.29, 0.717) is 6.04 Å². The molecule has 1 aliphatic heterocycles. The molecule has 0 atom stereocenters. The molecule has 3 heterocycles. The SMILES string of the molecule is CN(C)C1CCN(c2nc3ccccn3c2CBr)CC1. The number of anilines is 1. The highest BCUT2D eigenvalue weighted by Crippen LogP contribution is 2.27. The van der Waals surface area contributed by atoms with Crippen LogP contribution in [0.2, 0.25) is 0 Å². The second kappa shape index (κ2) is 5.74. The van der Waals surface area contributed by atoms with Crippen LogP contribution in [-0.4, -0.2) is 47.5 Å². The van der Waals surface area contributed by atoms with Crippen molar-refractivity contribution < 1.29 is 0 Å². The molecule has 1 saturated heterocycles. The molecule has 2 aromatic heterocycles. The normalized spacial score (nSPS) is 17.3. The summed E-state index contributed by atoms with van der Waals surface area (Å²) in [5.41, 5.74) is 2.29. The maximum absolute atomic E-state index is 4.82. The van der Waals surface area contributed by atoms with Gasteiger partial charge in [0.1, 0.15) is 5.65 Å². The number of aromatic nitrogens is 2. The second-order valence-electron chi connectivity index (χ2n) is 5.63. The van der Waals surface area contributed by atoms with Crippen LogP contribution in [0.3, 0.4) is 0 Å². The minimum absolute atomic E-state index is 0.704. The van der Waals surface area contributed by atoms with E-state index in [2.05, 4.69) is 62.6 Å². The molecule has 3 rings (SSSR count). The van der Waals surface area contributed by atoms with Gasteiger partial charge in [-0.15, -0.1) is 0 Å². The van der Waals surface area contributed by atoms with Gasteiger partial charge in [0, 0.05) is 30.7 Å². The first-order valence-corrected chi connectivity index (χ1v) is 8.26. The molecule has 0 N–H and O–H groups in total. The fraction of sp³-hybridized carbons (Fsp3) is 0.533. The lowest BCUT2D eigenvalue weighted by Gasteiger charge is -2.35. The smallest absolute Gasteiger partial charge is 0.152 e. The van der Waals surface area contributed by atoms with E-state index >= 15 is 0 Å². The van der Waals surface area contributed by atoms with Gasteiger partial charge >= 0.3 is 0 Å². The number of fused-ring (bicyclic) bond motifs is 1. The zero-order chi connectivity index (χ0) is 14.1. The van der Waals surface area contributed by atoms with E-state index in [9.17, 15) is 0 Å². The quantitative estimate of drug-likeness (QED) is 0.805. The summed E-state index contributed by atoms with van der Waals surface area (Å²) in [5.74, 6) is 1.14. The molecule has 0 radical (unpaired) electrons. The highest BCUT2D eigenvalue weighted by Gasteiger charge is 2.24. The number of nitrogens with zero attached hydrogens (tertiary/aromatic N) is 4. The largest absolute Gasteiger partial charge is 0.355 e. The number of piperidine rings is 1. The van der Waals surface area contributed by atoms with E-state index in [1.807, 2.05) is 6.07 Å². The minimum Gasteiger partial charge on any atom is -0.355 e. The lowest BCUT2D eigenvalue weighted by molar-refractivity contribution is 0.249. The molecule has 0 saturated carbocycles. The summed E-state index contributed by atoms with van der Waals surface area (Å²) < 4.78 is 2.18. The number of hydrogen-bond acceptors (Lipinski definition) is 3.